The van der Waals surface area contributed by atoms with E-state index in [0.717, 1.165) is 32.7 Å². The molecule has 1 unspecified atom stereocenters. The van der Waals surface area contributed by atoms with Crippen LogP contribution in [0.3, 0.4) is 0 Å². The third-order valence-corrected chi connectivity index (χ3v) is 7.39. The number of carbonyl (C=O) groups is 1. The number of aryl methyl sites for hydroxylation is 1. The van der Waals surface area contributed by atoms with Crippen molar-refractivity contribution in [2.45, 2.75) is 39.2 Å². The zero-order chi connectivity index (χ0) is 18.1. The van der Waals surface area contributed by atoms with Gasteiger partial charge in [-0.2, -0.15) is 4.98 Å². The van der Waals surface area contributed by atoms with Crippen LogP contribution in [-0.2, 0) is 4.79 Å². The van der Waals surface area contributed by atoms with Crippen molar-refractivity contribution >= 4 is 11.9 Å². The Balaban J connectivity index is 1.13. The summed E-state index contributed by atoms with van der Waals surface area (Å²) in [4.78, 5) is 23.5. The van der Waals surface area contributed by atoms with Crippen molar-refractivity contribution in [2.75, 3.05) is 44.7 Å². The van der Waals surface area contributed by atoms with Crippen molar-refractivity contribution < 1.29 is 9.32 Å². The van der Waals surface area contributed by atoms with Crippen LogP contribution in [-0.4, -0.2) is 71.7 Å². The fraction of sp³-hybridized carbons (Fsp3) is 0.842. The smallest absolute Gasteiger partial charge is 0.324 e. The van der Waals surface area contributed by atoms with Crippen molar-refractivity contribution in [1.82, 2.24) is 19.9 Å². The van der Waals surface area contributed by atoms with E-state index in [1.807, 2.05) is 18.9 Å². The van der Waals surface area contributed by atoms with Gasteiger partial charge in [-0.25, -0.2) is 0 Å². The molecule has 2 saturated heterocycles. The van der Waals surface area contributed by atoms with Gasteiger partial charge in [0, 0.05) is 57.1 Å². The fourth-order valence-corrected chi connectivity index (χ4v) is 5.72. The second kappa shape index (κ2) is 5.68. The Morgan fingerprint density at radius 2 is 2.08 bits per heavy atom. The number of hydrogen-bond donors (Lipinski definition) is 0. The first-order valence-corrected chi connectivity index (χ1v) is 10.0. The van der Waals surface area contributed by atoms with Crippen LogP contribution >= 0.6 is 0 Å². The average Bonchev–Trinajstić information content (AvgIpc) is 3.05. The molecule has 7 nitrogen and oxygen atoms in total. The van der Waals surface area contributed by atoms with E-state index in [4.69, 9.17) is 4.52 Å². The van der Waals surface area contributed by atoms with Crippen LogP contribution in [0.25, 0.3) is 0 Å². The van der Waals surface area contributed by atoms with E-state index in [1.165, 1.54) is 19.3 Å². The van der Waals surface area contributed by atoms with Gasteiger partial charge in [-0.1, -0.05) is 5.16 Å². The summed E-state index contributed by atoms with van der Waals surface area (Å²) < 4.78 is 5.30. The Hall–Kier alpha value is -1.63. The molecule has 142 valence electrons. The molecular weight excluding hydrogens is 330 g/mol. The molecular formula is C19H29N5O2. The van der Waals surface area contributed by atoms with E-state index >= 15 is 0 Å². The normalized spacial score (nSPS) is 34.8. The van der Waals surface area contributed by atoms with Gasteiger partial charge in [-0.3, -0.25) is 9.69 Å². The van der Waals surface area contributed by atoms with Gasteiger partial charge in [-0.05, 0) is 44.9 Å². The van der Waals surface area contributed by atoms with E-state index in [0.29, 0.717) is 47.0 Å². The van der Waals surface area contributed by atoms with Gasteiger partial charge >= 0.3 is 6.01 Å². The molecule has 0 bridgehead atoms. The highest BCUT2D eigenvalue weighted by Crippen LogP contribution is 2.55. The Bertz CT molecular complexity index is 701. The maximum Gasteiger partial charge on any atom is 0.324 e. The standard InChI is InChI=1S/C19H29N5O2/c1-4-22(3)17(25)16-14-8-23(9-15(14)16)13-5-6-19(7-13)10-24(11-19)18-20-12(2)21-26-18/h13-16H,4-11H2,1-3H3/t13?,14-,15+,16-. The largest absolute Gasteiger partial charge is 0.346 e. The van der Waals surface area contributed by atoms with E-state index in [9.17, 15) is 4.79 Å². The minimum atomic E-state index is 0.312. The van der Waals surface area contributed by atoms with Crippen LogP contribution < -0.4 is 4.90 Å². The van der Waals surface area contributed by atoms with Crippen LogP contribution in [0.2, 0.25) is 0 Å². The topological polar surface area (TPSA) is 65.7 Å². The highest BCUT2D eigenvalue weighted by Gasteiger charge is 2.61. The number of aromatic nitrogens is 2. The molecule has 0 N–H and O–H groups in total. The fourth-order valence-electron chi connectivity index (χ4n) is 5.72. The molecule has 1 amide bonds. The number of carbonyl (C=O) groups excluding carboxylic acids is 1. The SMILES string of the molecule is CCN(C)C(=O)[C@@H]1[C@@H]2CN(C3CCC4(C3)CN(c3nc(C)no3)C4)C[C@@H]21. The Morgan fingerprint density at radius 1 is 1.35 bits per heavy atom. The second-order valence-corrected chi connectivity index (χ2v) is 9.04. The Morgan fingerprint density at radius 3 is 2.69 bits per heavy atom. The minimum absolute atomic E-state index is 0.312. The summed E-state index contributed by atoms with van der Waals surface area (Å²) in [7, 11) is 1.93. The quantitative estimate of drug-likeness (QED) is 0.809. The molecule has 1 spiro atoms. The van der Waals surface area contributed by atoms with Crippen LogP contribution in [0.1, 0.15) is 32.0 Å². The van der Waals surface area contributed by atoms with Crippen LogP contribution in [0, 0.1) is 30.1 Å². The Kier molecular flexibility index (Phi) is 3.61. The lowest BCUT2D eigenvalue weighted by Crippen LogP contribution is -2.56. The molecule has 26 heavy (non-hydrogen) atoms. The summed E-state index contributed by atoms with van der Waals surface area (Å²) in [6.45, 7) is 9.10. The van der Waals surface area contributed by atoms with Gasteiger partial charge < -0.3 is 14.3 Å². The van der Waals surface area contributed by atoms with Crippen LogP contribution in [0.15, 0.2) is 4.52 Å². The monoisotopic (exact) mass is 359 g/mol. The minimum Gasteiger partial charge on any atom is -0.346 e. The lowest BCUT2D eigenvalue weighted by molar-refractivity contribution is -0.132. The molecule has 4 atom stereocenters. The summed E-state index contributed by atoms with van der Waals surface area (Å²) in [6.07, 6.45) is 3.88. The third kappa shape index (κ3) is 2.47. The molecule has 7 heteroatoms. The van der Waals surface area contributed by atoms with E-state index in [1.54, 1.807) is 0 Å². The maximum absolute atomic E-state index is 12.4. The van der Waals surface area contributed by atoms with Crippen molar-refractivity contribution in [3.05, 3.63) is 5.82 Å². The molecule has 3 heterocycles. The van der Waals surface area contributed by atoms with Crippen molar-refractivity contribution in [3.63, 3.8) is 0 Å². The molecule has 2 saturated carbocycles. The molecule has 4 aliphatic rings. The number of anilines is 1. The predicted molar refractivity (Wildman–Crippen MR) is 96.7 cm³/mol. The lowest BCUT2D eigenvalue weighted by Gasteiger charge is -2.47. The number of amides is 1. The molecule has 5 rings (SSSR count). The lowest BCUT2D eigenvalue weighted by atomic mass is 9.78. The van der Waals surface area contributed by atoms with Gasteiger partial charge in [0.25, 0.3) is 0 Å². The third-order valence-electron chi connectivity index (χ3n) is 7.39. The highest BCUT2D eigenvalue weighted by molar-refractivity contribution is 5.82. The Labute approximate surface area is 154 Å². The first-order valence-electron chi connectivity index (χ1n) is 10.0. The molecule has 1 aromatic heterocycles. The molecule has 2 aliphatic carbocycles. The molecule has 4 fully saturated rings. The number of hydrogen-bond acceptors (Lipinski definition) is 6. The summed E-state index contributed by atoms with van der Waals surface area (Å²) in [5, 5.41) is 3.90. The van der Waals surface area contributed by atoms with E-state index in [-0.39, 0.29) is 0 Å². The van der Waals surface area contributed by atoms with Crippen molar-refractivity contribution in [1.29, 1.82) is 0 Å². The molecule has 0 aromatic carbocycles. The number of fused-ring (bicyclic) bond motifs is 1. The van der Waals surface area contributed by atoms with Crippen molar-refractivity contribution in [3.8, 4) is 0 Å². The summed E-state index contributed by atoms with van der Waals surface area (Å²) in [5.74, 6) is 2.63. The zero-order valence-corrected chi connectivity index (χ0v) is 16.0. The van der Waals surface area contributed by atoms with Gasteiger partial charge in [-0.15, -0.1) is 0 Å². The van der Waals surface area contributed by atoms with Crippen molar-refractivity contribution in [2.24, 2.45) is 23.2 Å². The van der Waals surface area contributed by atoms with Gasteiger partial charge in [0.15, 0.2) is 5.82 Å². The predicted octanol–water partition coefficient (Wildman–Crippen LogP) is 1.39. The molecule has 0 radical (unpaired) electrons. The average molecular weight is 359 g/mol. The number of likely N-dealkylation sites (tertiary alicyclic amines) is 1. The number of nitrogens with zero attached hydrogens (tertiary/aromatic N) is 5. The zero-order valence-electron chi connectivity index (χ0n) is 16.0. The van der Waals surface area contributed by atoms with Gasteiger partial charge in [0.1, 0.15) is 0 Å². The van der Waals surface area contributed by atoms with Gasteiger partial charge in [0.2, 0.25) is 5.91 Å². The molecule has 1 aromatic rings. The number of piperidine rings is 1. The number of rotatable bonds is 4. The highest BCUT2D eigenvalue weighted by atomic mass is 16.5. The first-order chi connectivity index (χ1) is 12.5. The summed E-state index contributed by atoms with van der Waals surface area (Å²) in [6, 6.07) is 1.38. The second-order valence-electron chi connectivity index (χ2n) is 9.04. The van der Waals surface area contributed by atoms with E-state index in [2.05, 4.69) is 26.9 Å². The summed E-state index contributed by atoms with van der Waals surface area (Å²) in [5.41, 5.74) is 0.442. The maximum atomic E-state index is 12.4. The molecule has 2 aliphatic heterocycles. The first kappa shape index (κ1) is 16.5. The summed E-state index contributed by atoms with van der Waals surface area (Å²) >= 11 is 0. The van der Waals surface area contributed by atoms with Crippen LogP contribution in [0.5, 0.6) is 0 Å². The van der Waals surface area contributed by atoms with E-state index < -0.39 is 0 Å². The van der Waals surface area contributed by atoms with Gasteiger partial charge in [0.05, 0.1) is 0 Å². The van der Waals surface area contributed by atoms with Crippen LogP contribution in [0.4, 0.5) is 6.01 Å².